The van der Waals surface area contributed by atoms with Crippen molar-refractivity contribution in [2.75, 3.05) is 0 Å². The van der Waals surface area contributed by atoms with E-state index in [0.717, 1.165) is 11.1 Å². The number of amides is 2. The summed E-state index contributed by atoms with van der Waals surface area (Å²) < 4.78 is 5.68. The van der Waals surface area contributed by atoms with Crippen molar-refractivity contribution in [2.24, 2.45) is 5.73 Å². The lowest BCUT2D eigenvalue weighted by Gasteiger charge is -2.05. The molecule has 3 N–H and O–H groups in total. The first-order valence-electron chi connectivity index (χ1n) is 8.38. The Hall–Kier alpha value is -3.12. The molecule has 3 rings (SSSR count). The molecule has 0 fully saturated rings. The van der Waals surface area contributed by atoms with Crippen LogP contribution < -0.4 is 11.1 Å². The van der Waals surface area contributed by atoms with Crippen molar-refractivity contribution in [1.29, 1.82) is 0 Å². The van der Waals surface area contributed by atoms with Crippen molar-refractivity contribution in [3.8, 4) is 11.3 Å². The molecule has 27 heavy (non-hydrogen) atoms. The number of primary amides is 1. The van der Waals surface area contributed by atoms with Gasteiger partial charge in [0.05, 0.1) is 11.2 Å². The third kappa shape index (κ3) is 4.95. The van der Waals surface area contributed by atoms with Gasteiger partial charge in [-0.15, -0.1) is 0 Å². The van der Waals surface area contributed by atoms with Gasteiger partial charge in [0, 0.05) is 30.5 Å². The van der Waals surface area contributed by atoms with Crippen LogP contribution in [-0.2, 0) is 17.8 Å². The first-order chi connectivity index (χ1) is 13.0. The molecule has 0 atom stereocenters. The van der Waals surface area contributed by atoms with Gasteiger partial charge >= 0.3 is 0 Å². The average Bonchev–Trinajstić information content (AvgIpc) is 3.14. The normalized spacial score (nSPS) is 10.6. The predicted molar refractivity (Wildman–Crippen MR) is 102 cm³/mol. The Labute approximate surface area is 161 Å². The third-order valence-electron chi connectivity index (χ3n) is 3.96. The van der Waals surface area contributed by atoms with Gasteiger partial charge in [0.2, 0.25) is 11.8 Å². The standard InChI is InChI=1S/C20H18ClN3O3/c21-16-7-2-1-6-15(16)17-12-24-19(27-17)9-8-18(25)23-11-13-4-3-5-14(10-13)20(22)26/h1-7,10,12H,8-9,11H2,(H2,22,26)(H,23,25). The summed E-state index contributed by atoms with van der Waals surface area (Å²) in [6.07, 6.45) is 2.21. The lowest BCUT2D eigenvalue weighted by atomic mass is 10.1. The van der Waals surface area contributed by atoms with E-state index in [-0.39, 0.29) is 12.3 Å². The summed E-state index contributed by atoms with van der Waals surface area (Å²) in [5.41, 5.74) is 7.23. The minimum atomic E-state index is -0.499. The van der Waals surface area contributed by atoms with E-state index in [1.807, 2.05) is 24.3 Å². The third-order valence-corrected chi connectivity index (χ3v) is 4.29. The molecule has 0 radical (unpaired) electrons. The highest BCUT2D eigenvalue weighted by atomic mass is 35.5. The van der Waals surface area contributed by atoms with Crippen LogP contribution in [-0.4, -0.2) is 16.8 Å². The molecule has 7 heteroatoms. The fourth-order valence-corrected chi connectivity index (χ4v) is 2.78. The molecule has 6 nitrogen and oxygen atoms in total. The molecular formula is C20H18ClN3O3. The summed E-state index contributed by atoms with van der Waals surface area (Å²) in [5.74, 6) is 0.397. The van der Waals surface area contributed by atoms with Crippen LogP contribution >= 0.6 is 11.6 Å². The average molecular weight is 384 g/mol. The number of nitrogens with one attached hydrogen (secondary N) is 1. The van der Waals surface area contributed by atoms with Crippen LogP contribution in [0.3, 0.4) is 0 Å². The number of rotatable bonds is 7. The molecule has 2 aromatic carbocycles. The molecule has 0 aliphatic rings. The number of benzene rings is 2. The van der Waals surface area contributed by atoms with Crippen LogP contribution in [0, 0.1) is 0 Å². The molecule has 3 aromatic rings. The minimum Gasteiger partial charge on any atom is -0.441 e. The quantitative estimate of drug-likeness (QED) is 0.653. The van der Waals surface area contributed by atoms with Crippen molar-refractivity contribution in [1.82, 2.24) is 10.3 Å². The SMILES string of the molecule is NC(=O)c1cccc(CNC(=O)CCc2ncc(-c3ccccc3Cl)o2)c1. The fraction of sp³-hybridized carbons (Fsp3) is 0.150. The van der Waals surface area contributed by atoms with Crippen LogP contribution in [0.4, 0.5) is 0 Å². The van der Waals surface area contributed by atoms with Gasteiger partial charge in [0.25, 0.3) is 0 Å². The maximum absolute atomic E-state index is 12.0. The molecule has 0 spiro atoms. The Balaban J connectivity index is 1.52. The summed E-state index contributed by atoms with van der Waals surface area (Å²) >= 11 is 6.14. The highest BCUT2D eigenvalue weighted by Crippen LogP contribution is 2.28. The largest absolute Gasteiger partial charge is 0.441 e. The van der Waals surface area contributed by atoms with E-state index in [9.17, 15) is 9.59 Å². The van der Waals surface area contributed by atoms with E-state index in [0.29, 0.717) is 35.2 Å². The Kier molecular flexibility index (Phi) is 5.88. The van der Waals surface area contributed by atoms with Crippen LogP contribution in [0.25, 0.3) is 11.3 Å². The number of carbonyl (C=O) groups excluding carboxylic acids is 2. The zero-order valence-electron chi connectivity index (χ0n) is 14.4. The number of halogens is 1. The first kappa shape index (κ1) is 18.7. The molecule has 0 unspecified atom stereocenters. The number of nitrogens with zero attached hydrogens (tertiary/aromatic N) is 1. The van der Waals surface area contributed by atoms with Gasteiger partial charge in [0.1, 0.15) is 0 Å². The number of nitrogens with two attached hydrogens (primary N) is 1. The Morgan fingerprint density at radius 2 is 1.96 bits per heavy atom. The van der Waals surface area contributed by atoms with Crippen LogP contribution in [0.5, 0.6) is 0 Å². The lowest BCUT2D eigenvalue weighted by molar-refractivity contribution is -0.121. The van der Waals surface area contributed by atoms with Gasteiger partial charge in [0.15, 0.2) is 11.7 Å². The fourth-order valence-electron chi connectivity index (χ4n) is 2.56. The number of hydrogen-bond donors (Lipinski definition) is 2. The van der Waals surface area contributed by atoms with E-state index in [1.54, 1.807) is 30.5 Å². The zero-order valence-corrected chi connectivity index (χ0v) is 15.2. The molecule has 0 aliphatic carbocycles. The molecule has 138 valence electrons. The predicted octanol–water partition coefficient (Wildman–Crippen LogP) is 3.34. The van der Waals surface area contributed by atoms with E-state index in [4.69, 9.17) is 21.8 Å². The number of oxazole rings is 1. The molecule has 0 saturated carbocycles. The van der Waals surface area contributed by atoms with E-state index in [2.05, 4.69) is 10.3 Å². The first-order valence-corrected chi connectivity index (χ1v) is 8.76. The summed E-state index contributed by atoms with van der Waals surface area (Å²) in [4.78, 5) is 27.4. The zero-order chi connectivity index (χ0) is 19.2. The van der Waals surface area contributed by atoms with Crippen LogP contribution in [0.1, 0.15) is 28.2 Å². The van der Waals surface area contributed by atoms with Crippen molar-refractivity contribution in [3.63, 3.8) is 0 Å². The van der Waals surface area contributed by atoms with Gasteiger partial charge in [-0.05, 0) is 29.8 Å². The second-order valence-corrected chi connectivity index (χ2v) is 6.35. The van der Waals surface area contributed by atoms with Crippen molar-refractivity contribution in [2.45, 2.75) is 19.4 Å². The van der Waals surface area contributed by atoms with Gasteiger partial charge in [-0.1, -0.05) is 35.9 Å². The second-order valence-electron chi connectivity index (χ2n) is 5.94. The van der Waals surface area contributed by atoms with E-state index < -0.39 is 5.91 Å². The van der Waals surface area contributed by atoms with Crippen LogP contribution in [0.2, 0.25) is 5.02 Å². The molecule has 0 aliphatic heterocycles. The summed E-state index contributed by atoms with van der Waals surface area (Å²) in [6, 6.07) is 14.2. The second kappa shape index (κ2) is 8.51. The van der Waals surface area contributed by atoms with Crippen molar-refractivity contribution < 1.29 is 14.0 Å². The maximum atomic E-state index is 12.0. The summed E-state index contributed by atoms with van der Waals surface area (Å²) in [6.45, 7) is 0.316. The van der Waals surface area contributed by atoms with E-state index in [1.165, 1.54) is 0 Å². The highest BCUT2D eigenvalue weighted by molar-refractivity contribution is 6.33. The number of aromatic nitrogens is 1. The minimum absolute atomic E-state index is 0.142. The van der Waals surface area contributed by atoms with Gasteiger partial charge < -0.3 is 15.5 Å². The van der Waals surface area contributed by atoms with Gasteiger partial charge in [-0.2, -0.15) is 0 Å². The van der Waals surface area contributed by atoms with E-state index >= 15 is 0 Å². The Morgan fingerprint density at radius 3 is 2.74 bits per heavy atom. The van der Waals surface area contributed by atoms with Crippen LogP contribution in [0.15, 0.2) is 59.1 Å². The summed E-state index contributed by atoms with van der Waals surface area (Å²) in [5, 5.41) is 3.38. The number of aryl methyl sites for hydroxylation is 1. The monoisotopic (exact) mass is 383 g/mol. The number of hydrogen-bond acceptors (Lipinski definition) is 4. The molecule has 0 bridgehead atoms. The molecule has 2 amide bonds. The molecule has 1 heterocycles. The number of carbonyl (C=O) groups is 2. The highest BCUT2D eigenvalue weighted by Gasteiger charge is 2.11. The van der Waals surface area contributed by atoms with Crippen molar-refractivity contribution >= 4 is 23.4 Å². The molecule has 0 saturated heterocycles. The smallest absolute Gasteiger partial charge is 0.248 e. The topological polar surface area (TPSA) is 98.2 Å². The van der Waals surface area contributed by atoms with Gasteiger partial charge in [-0.25, -0.2) is 4.98 Å². The lowest BCUT2D eigenvalue weighted by Crippen LogP contribution is -2.23. The molecule has 1 aromatic heterocycles. The Morgan fingerprint density at radius 1 is 1.15 bits per heavy atom. The van der Waals surface area contributed by atoms with Crippen molar-refractivity contribution in [3.05, 3.63) is 76.8 Å². The van der Waals surface area contributed by atoms with Gasteiger partial charge in [-0.3, -0.25) is 9.59 Å². The Bertz CT molecular complexity index is 968. The molecular weight excluding hydrogens is 366 g/mol. The summed E-state index contributed by atoms with van der Waals surface area (Å²) in [7, 11) is 0. The maximum Gasteiger partial charge on any atom is 0.248 e.